The SMILES string of the molecule is CCCn1c(C)c(C)c2cc(CNCCOC)ccc21. The number of hydrogen-bond donors (Lipinski definition) is 1. The Kier molecular flexibility index (Phi) is 5.21. The van der Waals surface area contributed by atoms with Crippen LogP contribution >= 0.6 is 0 Å². The van der Waals surface area contributed by atoms with Gasteiger partial charge in [-0.1, -0.05) is 13.0 Å². The highest BCUT2D eigenvalue weighted by Gasteiger charge is 2.10. The number of aryl methyl sites for hydroxylation is 2. The van der Waals surface area contributed by atoms with Crippen LogP contribution in [-0.4, -0.2) is 24.8 Å². The standard InChI is InChI=1S/C17H26N2O/c1-5-9-19-14(3)13(2)16-11-15(6-7-17(16)19)12-18-8-10-20-4/h6-7,11,18H,5,8-10,12H2,1-4H3. The average Bonchev–Trinajstić information content (AvgIpc) is 2.69. The molecule has 0 saturated heterocycles. The zero-order valence-corrected chi connectivity index (χ0v) is 13.1. The van der Waals surface area contributed by atoms with Gasteiger partial charge in [0.05, 0.1) is 6.61 Å². The third-order valence-corrected chi connectivity index (χ3v) is 3.96. The minimum Gasteiger partial charge on any atom is -0.383 e. The van der Waals surface area contributed by atoms with E-state index in [0.29, 0.717) is 0 Å². The molecule has 3 heteroatoms. The predicted molar refractivity (Wildman–Crippen MR) is 85.3 cm³/mol. The van der Waals surface area contributed by atoms with Crippen molar-refractivity contribution in [2.45, 2.75) is 40.3 Å². The van der Waals surface area contributed by atoms with E-state index in [2.05, 4.69) is 48.9 Å². The van der Waals surface area contributed by atoms with Crippen molar-refractivity contribution in [1.29, 1.82) is 0 Å². The number of ether oxygens (including phenoxy) is 1. The van der Waals surface area contributed by atoms with E-state index in [9.17, 15) is 0 Å². The number of methoxy groups -OCH3 is 1. The summed E-state index contributed by atoms with van der Waals surface area (Å²) in [6, 6.07) is 6.81. The maximum Gasteiger partial charge on any atom is 0.0587 e. The highest BCUT2D eigenvalue weighted by Crippen LogP contribution is 2.26. The molecule has 1 heterocycles. The molecule has 0 unspecified atom stereocenters. The summed E-state index contributed by atoms with van der Waals surface area (Å²) in [6.07, 6.45) is 1.17. The van der Waals surface area contributed by atoms with Crippen LogP contribution in [0.4, 0.5) is 0 Å². The van der Waals surface area contributed by atoms with Crippen LogP contribution in [0.5, 0.6) is 0 Å². The first-order chi connectivity index (χ1) is 9.69. The quantitative estimate of drug-likeness (QED) is 0.783. The number of nitrogens with one attached hydrogen (secondary N) is 1. The van der Waals surface area contributed by atoms with E-state index in [1.54, 1.807) is 7.11 Å². The second-order valence-electron chi connectivity index (χ2n) is 5.38. The molecule has 0 amide bonds. The summed E-state index contributed by atoms with van der Waals surface area (Å²) in [5.41, 5.74) is 5.51. The van der Waals surface area contributed by atoms with Gasteiger partial charge in [-0.15, -0.1) is 0 Å². The molecular weight excluding hydrogens is 248 g/mol. The van der Waals surface area contributed by atoms with Crippen molar-refractivity contribution in [1.82, 2.24) is 9.88 Å². The summed E-state index contributed by atoms with van der Waals surface area (Å²) in [6.45, 7) is 10.3. The Morgan fingerprint density at radius 1 is 1.25 bits per heavy atom. The van der Waals surface area contributed by atoms with Gasteiger partial charge in [0, 0.05) is 43.3 Å². The third-order valence-electron chi connectivity index (χ3n) is 3.96. The van der Waals surface area contributed by atoms with Crippen molar-refractivity contribution in [3.8, 4) is 0 Å². The van der Waals surface area contributed by atoms with Crippen LogP contribution in [0.1, 0.15) is 30.2 Å². The number of hydrogen-bond acceptors (Lipinski definition) is 2. The van der Waals surface area contributed by atoms with Crippen LogP contribution < -0.4 is 5.32 Å². The molecule has 0 bridgehead atoms. The van der Waals surface area contributed by atoms with E-state index in [4.69, 9.17) is 4.74 Å². The zero-order valence-electron chi connectivity index (χ0n) is 13.1. The summed E-state index contributed by atoms with van der Waals surface area (Å²) >= 11 is 0. The van der Waals surface area contributed by atoms with Crippen molar-refractivity contribution in [2.24, 2.45) is 0 Å². The maximum atomic E-state index is 5.05. The molecule has 1 N–H and O–H groups in total. The second-order valence-corrected chi connectivity index (χ2v) is 5.38. The Morgan fingerprint density at radius 2 is 2.05 bits per heavy atom. The summed E-state index contributed by atoms with van der Waals surface area (Å²) in [7, 11) is 1.73. The molecule has 1 aromatic carbocycles. The number of rotatable bonds is 7. The largest absolute Gasteiger partial charge is 0.383 e. The van der Waals surface area contributed by atoms with E-state index in [1.807, 2.05) is 0 Å². The topological polar surface area (TPSA) is 26.2 Å². The molecular formula is C17H26N2O. The van der Waals surface area contributed by atoms with Crippen LogP contribution in [0, 0.1) is 13.8 Å². The molecule has 0 fully saturated rings. The lowest BCUT2D eigenvalue weighted by molar-refractivity contribution is 0.199. The first kappa shape index (κ1) is 15.1. The van der Waals surface area contributed by atoms with Gasteiger partial charge < -0.3 is 14.6 Å². The lowest BCUT2D eigenvalue weighted by Crippen LogP contribution is -2.18. The Bertz CT molecular complexity index is 572. The molecule has 0 aliphatic heterocycles. The van der Waals surface area contributed by atoms with E-state index in [0.717, 1.165) is 26.2 Å². The molecule has 3 nitrogen and oxygen atoms in total. The van der Waals surface area contributed by atoms with Gasteiger partial charge >= 0.3 is 0 Å². The van der Waals surface area contributed by atoms with Gasteiger partial charge in [0.25, 0.3) is 0 Å². The van der Waals surface area contributed by atoms with Crippen molar-refractivity contribution in [3.05, 3.63) is 35.0 Å². The predicted octanol–water partition coefficient (Wildman–Crippen LogP) is 3.40. The monoisotopic (exact) mass is 274 g/mol. The molecule has 110 valence electrons. The normalized spacial score (nSPS) is 11.4. The molecule has 2 aromatic rings. The Labute approximate surface area is 121 Å². The average molecular weight is 274 g/mol. The third kappa shape index (κ3) is 3.05. The number of aromatic nitrogens is 1. The van der Waals surface area contributed by atoms with Crippen LogP contribution in [-0.2, 0) is 17.8 Å². The zero-order chi connectivity index (χ0) is 14.5. The molecule has 0 saturated carbocycles. The maximum absolute atomic E-state index is 5.05. The van der Waals surface area contributed by atoms with Gasteiger partial charge in [-0.05, 0) is 43.5 Å². The van der Waals surface area contributed by atoms with Gasteiger partial charge in [-0.2, -0.15) is 0 Å². The first-order valence-electron chi connectivity index (χ1n) is 7.47. The minimum absolute atomic E-state index is 0.757. The smallest absolute Gasteiger partial charge is 0.0587 e. The van der Waals surface area contributed by atoms with Gasteiger partial charge in [0.1, 0.15) is 0 Å². The van der Waals surface area contributed by atoms with Crippen molar-refractivity contribution < 1.29 is 4.74 Å². The lowest BCUT2D eigenvalue weighted by atomic mass is 10.1. The van der Waals surface area contributed by atoms with Crippen LogP contribution in [0.3, 0.4) is 0 Å². The Hall–Kier alpha value is -1.32. The summed E-state index contributed by atoms with van der Waals surface area (Å²) in [4.78, 5) is 0. The van der Waals surface area contributed by atoms with Crippen molar-refractivity contribution in [3.63, 3.8) is 0 Å². The highest BCUT2D eigenvalue weighted by atomic mass is 16.5. The number of nitrogens with zero attached hydrogens (tertiary/aromatic N) is 1. The Morgan fingerprint density at radius 3 is 2.75 bits per heavy atom. The van der Waals surface area contributed by atoms with Crippen LogP contribution in [0.25, 0.3) is 10.9 Å². The summed E-state index contributed by atoms with van der Waals surface area (Å²) < 4.78 is 7.49. The highest BCUT2D eigenvalue weighted by molar-refractivity contribution is 5.86. The summed E-state index contributed by atoms with van der Waals surface area (Å²) in [5.74, 6) is 0. The molecule has 0 radical (unpaired) electrons. The van der Waals surface area contributed by atoms with Gasteiger partial charge in [-0.3, -0.25) is 0 Å². The molecule has 1 aromatic heterocycles. The number of fused-ring (bicyclic) bond motifs is 1. The van der Waals surface area contributed by atoms with Crippen molar-refractivity contribution >= 4 is 10.9 Å². The summed E-state index contributed by atoms with van der Waals surface area (Å²) in [5, 5.41) is 4.79. The Balaban J connectivity index is 2.23. The first-order valence-corrected chi connectivity index (χ1v) is 7.47. The molecule has 20 heavy (non-hydrogen) atoms. The van der Waals surface area contributed by atoms with Crippen LogP contribution in [0.2, 0.25) is 0 Å². The minimum atomic E-state index is 0.757. The van der Waals surface area contributed by atoms with Crippen LogP contribution in [0.15, 0.2) is 18.2 Å². The van der Waals surface area contributed by atoms with Gasteiger partial charge in [0.2, 0.25) is 0 Å². The van der Waals surface area contributed by atoms with Crippen molar-refractivity contribution in [2.75, 3.05) is 20.3 Å². The lowest BCUT2D eigenvalue weighted by Gasteiger charge is -2.07. The van der Waals surface area contributed by atoms with E-state index < -0.39 is 0 Å². The fraction of sp³-hybridized carbons (Fsp3) is 0.529. The number of benzene rings is 1. The second kappa shape index (κ2) is 6.91. The molecule has 0 spiro atoms. The fourth-order valence-corrected chi connectivity index (χ4v) is 2.73. The van der Waals surface area contributed by atoms with E-state index >= 15 is 0 Å². The van der Waals surface area contributed by atoms with E-state index in [1.165, 1.54) is 34.1 Å². The molecule has 0 aliphatic rings. The fourth-order valence-electron chi connectivity index (χ4n) is 2.73. The van der Waals surface area contributed by atoms with E-state index in [-0.39, 0.29) is 0 Å². The molecule has 0 atom stereocenters. The molecule has 0 aliphatic carbocycles. The molecule has 2 rings (SSSR count). The van der Waals surface area contributed by atoms with Gasteiger partial charge in [0.15, 0.2) is 0 Å². The van der Waals surface area contributed by atoms with Gasteiger partial charge in [-0.25, -0.2) is 0 Å².